The fourth-order valence-electron chi connectivity index (χ4n) is 2.77. The molecule has 0 aliphatic rings. The molecule has 0 saturated heterocycles. The van der Waals surface area contributed by atoms with E-state index in [1.54, 1.807) is 67.7 Å². The number of hydrogen-bond acceptors (Lipinski definition) is 4. The van der Waals surface area contributed by atoms with Gasteiger partial charge in [-0.3, -0.25) is 4.98 Å². The highest BCUT2D eigenvalue weighted by molar-refractivity contribution is 7.89. The lowest BCUT2D eigenvalue weighted by molar-refractivity contribution is 0.396. The third-order valence-corrected chi connectivity index (χ3v) is 6.17. The molecule has 5 nitrogen and oxygen atoms in total. The van der Waals surface area contributed by atoms with Crippen LogP contribution in [0, 0.1) is 18.3 Å². The summed E-state index contributed by atoms with van der Waals surface area (Å²) in [5.41, 5.74) is 2.71. The van der Waals surface area contributed by atoms with Gasteiger partial charge in [-0.05, 0) is 48.4 Å². The number of pyridine rings is 1. The Morgan fingerprint density at radius 2 is 1.67 bits per heavy atom. The van der Waals surface area contributed by atoms with Gasteiger partial charge in [-0.2, -0.15) is 9.57 Å². The minimum absolute atomic E-state index is 0.164. The maximum Gasteiger partial charge on any atom is 0.243 e. The van der Waals surface area contributed by atoms with Crippen molar-refractivity contribution in [2.45, 2.75) is 24.9 Å². The first-order valence-corrected chi connectivity index (χ1v) is 9.89. The molecule has 0 aliphatic carbocycles. The smallest absolute Gasteiger partial charge is 0.243 e. The predicted molar refractivity (Wildman–Crippen MR) is 103 cm³/mol. The van der Waals surface area contributed by atoms with Crippen LogP contribution in [0.15, 0.2) is 77.8 Å². The topological polar surface area (TPSA) is 74.1 Å². The van der Waals surface area contributed by atoms with Crippen LogP contribution in [-0.4, -0.2) is 17.7 Å². The van der Waals surface area contributed by atoms with Crippen molar-refractivity contribution in [1.82, 2.24) is 9.29 Å². The molecule has 0 saturated carbocycles. The van der Waals surface area contributed by atoms with E-state index in [9.17, 15) is 8.42 Å². The molecule has 1 aromatic heterocycles. The third kappa shape index (κ3) is 4.40. The van der Waals surface area contributed by atoms with Gasteiger partial charge in [0, 0.05) is 12.7 Å². The second-order valence-electron chi connectivity index (χ2n) is 6.17. The molecule has 3 rings (SSSR count). The second kappa shape index (κ2) is 8.12. The maximum absolute atomic E-state index is 13.3. The average Bonchev–Trinajstić information content (AvgIpc) is 2.69. The van der Waals surface area contributed by atoms with Crippen molar-refractivity contribution >= 4 is 10.0 Å². The number of aryl methyl sites for hydroxylation is 1. The standard InChI is InChI=1S/C21H19N3O2S/c1-17-6-2-3-8-21(17)27(25,26)24(16-20-7-4-5-13-23-20)15-19-11-9-18(14-22)10-12-19/h2-13H,15-16H2,1H3. The molecule has 136 valence electrons. The van der Waals surface area contributed by atoms with Gasteiger partial charge in [0.1, 0.15) is 0 Å². The fourth-order valence-corrected chi connectivity index (χ4v) is 4.40. The molecule has 0 bridgehead atoms. The van der Waals surface area contributed by atoms with Gasteiger partial charge in [-0.1, -0.05) is 36.4 Å². The summed E-state index contributed by atoms with van der Waals surface area (Å²) < 4.78 is 28.1. The molecule has 0 amide bonds. The second-order valence-corrected chi connectivity index (χ2v) is 8.07. The number of aromatic nitrogens is 1. The number of benzene rings is 2. The van der Waals surface area contributed by atoms with Crippen LogP contribution in [0.4, 0.5) is 0 Å². The van der Waals surface area contributed by atoms with E-state index in [4.69, 9.17) is 5.26 Å². The molecule has 0 radical (unpaired) electrons. The zero-order valence-corrected chi connectivity index (χ0v) is 15.7. The van der Waals surface area contributed by atoms with E-state index in [0.29, 0.717) is 16.8 Å². The lowest BCUT2D eigenvalue weighted by atomic mass is 10.1. The van der Waals surface area contributed by atoms with Crippen LogP contribution in [0.5, 0.6) is 0 Å². The molecule has 0 unspecified atom stereocenters. The Labute approximate surface area is 159 Å². The normalized spacial score (nSPS) is 11.3. The van der Waals surface area contributed by atoms with Gasteiger partial charge in [-0.15, -0.1) is 0 Å². The minimum atomic E-state index is -3.72. The zero-order valence-electron chi connectivity index (χ0n) is 14.9. The Hall–Kier alpha value is -3.01. The Morgan fingerprint density at radius 1 is 0.963 bits per heavy atom. The number of nitriles is 1. The quantitative estimate of drug-likeness (QED) is 0.657. The Bertz CT molecular complexity index is 1060. The summed E-state index contributed by atoms with van der Waals surface area (Å²) in [6.45, 7) is 2.14. The first-order valence-electron chi connectivity index (χ1n) is 8.45. The Balaban J connectivity index is 1.98. The van der Waals surface area contributed by atoms with Gasteiger partial charge >= 0.3 is 0 Å². The largest absolute Gasteiger partial charge is 0.260 e. The minimum Gasteiger partial charge on any atom is -0.260 e. The SMILES string of the molecule is Cc1ccccc1S(=O)(=O)N(Cc1ccc(C#N)cc1)Cc1ccccn1. The molecule has 3 aromatic rings. The summed E-state index contributed by atoms with van der Waals surface area (Å²) in [4.78, 5) is 4.55. The van der Waals surface area contributed by atoms with Crippen LogP contribution < -0.4 is 0 Å². The van der Waals surface area contributed by atoms with Gasteiger partial charge in [0.15, 0.2) is 0 Å². The molecular weight excluding hydrogens is 358 g/mol. The number of sulfonamides is 1. The van der Waals surface area contributed by atoms with Gasteiger partial charge in [0.25, 0.3) is 0 Å². The van der Waals surface area contributed by atoms with E-state index in [1.807, 2.05) is 12.1 Å². The van der Waals surface area contributed by atoms with Crippen LogP contribution >= 0.6 is 0 Å². The van der Waals surface area contributed by atoms with Crippen molar-refractivity contribution in [1.29, 1.82) is 5.26 Å². The Kier molecular flexibility index (Phi) is 5.65. The first-order chi connectivity index (χ1) is 13.0. The maximum atomic E-state index is 13.3. The fraction of sp³-hybridized carbons (Fsp3) is 0.143. The van der Waals surface area contributed by atoms with Crippen molar-refractivity contribution in [3.8, 4) is 6.07 Å². The molecule has 0 N–H and O–H groups in total. The van der Waals surface area contributed by atoms with Crippen molar-refractivity contribution in [3.63, 3.8) is 0 Å². The molecule has 6 heteroatoms. The number of nitrogens with zero attached hydrogens (tertiary/aromatic N) is 3. The lowest BCUT2D eigenvalue weighted by Gasteiger charge is -2.23. The monoisotopic (exact) mass is 377 g/mol. The molecule has 0 fully saturated rings. The van der Waals surface area contributed by atoms with E-state index in [0.717, 1.165) is 5.56 Å². The average molecular weight is 377 g/mol. The summed E-state index contributed by atoms with van der Waals surface area (Å²) in [5.74, 6) is 0. The van der Waals surface area contributed by atoms with E-state index >= 15 is 0 Å². The van der Waals surface area contributed by atoms with Crippen LogP contribution in [0.2, 0.25) is 0 Å². The molecule has 27 heavy (non-hydrogen) atoms. The van der Waals surface area contributed by atoms with Crippen LogP contribution in [-0.2, 0) is 23.1 Å². The summed E-state index contributed by atoms with van der Waals surface area (Å²) in [6, 6.07) is 21.4. The summed E-state index contributed by atoms with van der Waals surface area (Å²) in [5, 5.41) is 8.95. The van der Waals surface area contributed by atoms with E-state index in [1.165, 1.54) is 4.31 Å². The Morgan fingerprint density at radius 3 is 2.30 bits per heavy atom. The molecular formula is C21H19N3O2S. The van der Waals surface area contributed by atoms with Gasteiger partial charge in [0.05, 0.1) is 28.8 Å². The molecule has 0 atom stereocenters. The number of rotatable bonds is 6. The van der Waals surface area contributed by atoms with Crippen LogP contribution in [0.3, 0.4) is 0 Å². The van der Waals surface area contributed by atoms with E-state index in [-0.39, 0.29) is 18.0 Å². The molecule has 1 heterocycles. The molecule has 0 spiro atoms. The first kappa shape index (κ1) is 18.8. The van der Waals surface area contributed by atoms with Gasteiger partial charge < -0.3 is 0 Å². The van der Waals surface area contributed by atoms with Gasteiger partial charge in [0.2, 0.25) is 10.0 Å². The summed E-state index contributed by atoms with van der Waals surface area (Å²) >= 11 is 0. The summed E-state index contributed by atoms with van der Waals surface area (Å²) in [6.07, 6.45) is 1.65. The number of hydrogen-bond donors (Lipinski definition) is 0. The highest BCUT2D eigenvalue weighted by Gasteiger charge is 2.26. The van der Waals surface area contributed by atoms with Crippen molar-refractivity contribution in [2.75, 3.05) is 0 Å². The van der Waals surface area contributed by atoms with Gasteiger partial charge in [-0.25, -0.2) is 8.42 Å². The molecule has 0 aliphatic heterocycles. The third-order valence-electron chi connectivity index (χ3n) is 4.22. The van der Waals surface area contributed by atoms with Crippen LogP contribution in [0.1, 0.15) is 22.4 Å². The van der Waals surface area contributed by atoms with E-state index < -0.39 is 10.0 Å². The summed E-state index contributed by atoms with van der Waals surface area (Å²) in [7, 11) is -3.72. The van der Waals surface area contributed by atoms with Crippen molar-refractivity contribution in [3.05, 3.63) is 95.3 Å². The van der Waals surface area contributed by atoms with Crippen molar-refractivity contribution < 1.29 is 8.42 Å². The lowest BCUT2D eigenvalue weighted by Crippen LogP contribution is -2.31. The highest BCUT2D eigenvalue weighted by Crippen LogP contribution is 2.23. The zero-order chi connectivity index (χ0) is 19.3. The predicted octanol–water partition coefficient (Wildman–Crippen LogP) is 3.65. The van der Waals surface area contributed by atoms with Crippen molar-refractivity contribution in [2.24, 2.45) is 0 Å². The molecule has 2 aromatic carbocycles. The van der Waals surface area contributed by atoms with Crippen LogP contribution in [0.25, 0.3) is 0 Å². The highest BCUT2D eigenvalue weighted by atomic mass is 32.2. The van der Waals surface area contributed by atoms with E-state index in [2.05, 4.69) is 11.1 Å².